The first-order chi connectivity index (χ1) is 27.9. The average molecular weight is 972 g/mol. The van der Waals surface area contributed by atoms with Crippen molar-refractivity contribution in [3.8, 4) is 0 Å². The molecule has 0 aromatic rings. The van der Waals surface area contributed by atoms with Crippen LogP contribution in [0.3, 0.4) is 0 Å². The first kappa shape index (κ1) is 69.7. The van der Waals surface area contributed by atoms with E-state index < -0.39 is 60.9 Å². The molecule has 6 fully saturated rings. The largest absolute Gasteiger partial charge is 0.354 e. The molecule has 0 aromatic carbocycles. The van der Waals surface area contributed by atoms with Crippen molar-refractivity contribution in [2.24, 2.45) is 0 Å². The molecule has 6 aliphatic rings. The number of sulfone groups is 4. The van der Waals surface area contributed by atoms with Crippen molar-refractivity contribution in [1.29, 1.82) is 0 Å². The lowest BCUT2D eigenvalue weighted by Gasteiger charge is -2.10. The average Bonchev–Trinajstić information content (AvgIpc) is 3.64. The van der Waals surface area contributed by atoms with E-state index in [2.05, 4.69) is 21.3 Å². The van der Waals surface area contributed by atoms with Gasteiger partial charge in [0.25, 0.3) is 0 Å². The molecule has 6 rings (SSSR count). The Morgan fingerprint density at radius 2 is 0.695 bits per heavy atom. The van der Waals surface area contributed by atoms with Gasteiger partial charge >= 0.3 is 0 Å². The highest BCUT2D eigenvalue weighted by Crippen LogP contribution is 2.10. The summed E-state index contributed by atoms with van der Waals surface area (Å²) in [6.45, 7) is 28.0. The van der Waals surface area contributed by atoms with E-state index in [1.165, 1.54) is 0 Å². The molecule has 0 radical (unpaired) electrons. The number of amides is 2. The van der Waals surface area contributed by atoms with Gasteiger partial charge in [-0.3, -0.25) is 18.0 Å². The molecule has 6 aliphatic heterocycles. The predicted octanol–water partition coefficient (Wildman–Crippen LogP) is 2.68. The Bertz CT molecular complexity index is 1380. The summed E-state index contributed by atoms with van der Waals surface area (Å²) < 4.78 is 106. The molecule has 6 saturated heterocycles. The number of carbonyl (C=O) groups excluding carboxylic acids is 2. The molecule has 6 heterocycles. The first-order valence-electron chi connectivity index (χ1n) is 21.4. The van der Waals surface area contributed by atoms with Crippen LogP contribution in [0.5, 0.6) is 0 Å². The van der Waals surface area contributed by atoms with E-state index >= 15 is 0 Å². The van der Waals surface area contributed by atoms with Gasteiger partial charge in [0.2, 0.25) is 11.8 Å². The van der Waals surface area contributed by atoms with Crippen molar-refractivity contribution in [3.63, 3.8) is 0 Å². The summed E-state index contributed by atoms with van der Waals surface area (Å²) in [6, 6.07) is 0. The van der Waals surface area contributed by atoms with Gasteiger partial charge in [-0.2, -0.15) is 0 Å². The summed E-state index contributed by atoms with van der Waals surface area (Å²) in [7, 11) is -12.2. The number of hydrogen-bond acceptors (Lipinski definition) is 14. The molecule has 16 nitrogen and oxygen atoms in total. The molecular weight excluding hydrogens is 885 g/mol. The van der Waals surface area contributed by atoms with Crippen LogP contribution in [0.25, 0.3) is 0 Å². The normalized spacial score (nSPS) is 22.2. The SMILES string of the molecule is CC.CC.CC.CC.CC.CC.O=C1CS(=O)(=O)CCN1.O=C1CS(=O)CCN1.O=S1(=O)CCCC1.O=S1(=O)CCCCC1.O=S1(=O)CCNCC1.O=S1CCNCC1. The Kier molecular flexibility index (Phi) is 54.9. The number of nitrogens with one attached hydrogen (secondary N) is 4. The Hall–Kier alpha value is -1.04. The van der Waals surface area contributed by atoms with Crippen LogP contribution in [0, 0.1) is 0 Å². The van der Waals surface area contributed by atoms with Gasteiger partial charge in [-0.25, -0.2) is 33.7 Å². The quantitative estimate of drug-likeness (QED) is 0.273. The van der Waals surface area contributed by atoms with E-state index in [0.717, 1.165) is 56.7 Å². The van der Waals surface area contributed by atoms with Crippen LogP contribution in [0.2, 0.25) is 0 Å². The van der Waals surface area contributed by atoms with E-state index in [4.69, 9.17) is 0 Å². The summed E-state index contributed by atoms with van der Waals surface area (Å²) in [5.41, 5.74) is 0. The fraction of sp³-hybridized carbons (Fsp3) is 0.946. The second-order valence-corrected chi connectivity index (χ2v) is 23.5. The molecule has 22 heteroatoms. The van der Waals surface area contributed by atoms with E-state index in [-0.39, 0.29) is 35.6 Å². The third-order valence-corrected chi connectivity index (χ3v) is 16.2. The molecular formula is C37H86N4O12S6. The van der Waals surface area contributed by atoms with Gasteiger partial charge in [-0.1, -0.05) is 89.5 Å². The Labute approximate surface area is 367 Å². The van der Waals surface area contributed by atoms with Crippen LogP contribution in [0.1, 0.15) is 115 Å². The fourth-order valence-electron chi connectivity index (χ4n) is 4.19. The molecule has 2 amide bonds. The monoisotopic (exact) mass is 970 g/mol. The number of carbonyl (C=O) groups is 2. The molecule has 59 heavy (non-hydrogen) atoms. The molecule has 0 spiro atoms. The maximum Gasteiger partial charge on any atom is 0.235 e. The highest BCUT2D eigenvalue weighted by atomic mass is 32.2. The molecule has 0 bridgehead atoms. The van der Waals surface area contributed by atoms with E-state index in [0.29, 0.717) is 59.9 Å². The molecule has 1 atom stereocenters. The maximum atomic E-state index is 10.7. The minimum absolute atomic E-state index is 0.0821. The van der Waals surface area contributed by atoms with Crippen LogP contribution < -0.4 is 21.3 Å². The van der Waals surface area contributed by atoms with Crippen LogP contribution in [-0.4, -0.2) is 162 Å². The van der Waals surface area contributed by atoms with Crippen LogP contribution in [0.4, 0.5) is 0 Å². The Morgan fingerprint density at radius 3 is 0.915 bits per heavy atom. The van der Waals surface area contributed by atoms with Gasteiger partial charge in [-0.05, 0) is 25.7 Å². The molecule has 0 aliphatic carbocycles. The smallest absolute Gasteiger partial charge is 0.235 e. The second-order valence-electron chi connectivity index (χ2n) is 11.2. The van der Waals surface area contributed by atoms with Crippen molar-refractivity contribution < 1.29 is 51.7 Å². The van der Waals surface area contributed by atoms with E-state index in [1.54, 1.807) is 0 Å². The Morgan fingerprint density at radius 1 is 0.373 bits per heavy atom. The zero-order valence-electron chi connectivity index (χ0n) is 38.6. The lowest BCUT2D eigenvalue weighted by molar-refractivity contribution is -0.119. The van der Waals surface area contributed by atoms with Crippen molar-refractivity contribution in [3.05, 3.63) is 0 Å². The van der Waals surface area contributed by atoms with Gasteiger partial charge in [0.05, 0.1) is 40.3 Å². The topological polar surface area (TPSA) is 253 Å². The van der Waals surface area contributed by atoms with Gasteiger partial charge in [0.1, 0.15) is 31.2 Å². The predicted molar refractivity (Wildman–Crippen MR) is 253 cm³/mol. The molecule has 0 saturated carbocycles. The summed E-state index contributed by atoms with van der Waals surface area (Å²) >= 11 is 0. The fourth-order valence-corrected chi connectivity index (χ4v) is 11.2. The highest BCUT2D eigenvalue weighted by molar-refractivity contribution is 7.92. The highest BCUT2D eigenvalue weighted by Gasteiger charge is 2.21. The lowest BCUT2D eigenvalue weighted by Crippen LogP contribution is -2.40. The summed E-state index contributed by atoms with van der Waals surface area (Å²) in [4.78, 5) is 20.8. The third-order valence-electron chi connectivity index (χ3n) is 6.79. The van der Waals surface area contributed by atoms with Crippen LogP contribution in [-0.2, 0) is 70.5 Å². The number of rotatable bonds is 0. The maximum absolute atomic E-state index is 10.7. The molecule has 362 valence electrons. The molecule has 0 aromatic heterocycles. The van der Waals surface area contributed by atoms with Crippen molar-refractivity contribution in [2.75, 3.05) is 108 Å². The van der Waals surface area contributed by atoms with Crippen molar-refractivity contribution in [2.45, 2.75) is 115 Å². The summed E-state index contributed by atoms with van der Waals surface area (Å²) in [6.07, 6.45) is 4.61. The van der Waals surface area contributed by atoms with Crippen molar-refractivity contribution >= 4 is 72.8 Å². The molecule has 1 unspecified atom stereocenters. The minimum atomic E-state index is -3.04. The lowest BCUT2D eigenvalue weighted by atomic mass is 10.3. The Balaban J connectivity index is -0.000000136. The van der Waals surface area contributed by atoms with Gasteiger partial charge in [0, 0.05) is 78.1 Å². The van der Waals surface area contributed by atoms with Crippen molar-refractivity contribution in [1.82, 2.24) is 21.3 Å². The standard InChI is InChI=1S/C5H10O2S.C4H7NO3S.C4H9NO2S.C4H7NO2S.C4H9NOS.C4H8O2S.6C2H6/c6-8(7)4-2-1-3-5-8;6-4-3-9(7,8)2-1-5-4;6-8(7)3-1-5-2-4-8;6-4-3-8(7)2-1-5-4;6-7-3-1-5-2-4-7;5-7(6)3-1-2-4-7;6*1-2/h1-5H2;1-3H2,(H,5,6);5H,1-4H2;1-3H2,(H,5,6);5H,1-4H2;1-4H2;6*1-2H3. The zero-order chi connectivity index (χ0) is 47.4. The van der Waals surface area contributed by atoms with Gasteiger partial charge in [-0.15, -0.1) is 0 Å². The molecule has 4 N–H and O–H groups in total. The second kappa shape index (κ2) is 46.5. The van der Waals surface area contributed by atoms with Gasteiger partial charge < -0.3 is 21.3 Å². The number of hydrogen-bond donors (Lipinski definition) is 4. The van der Waals surface area contributed by atoms with E-state index in [9.17, 15) is 51.7 Å². The van der Waals surface area contributed by atoms with Crippen LogP contribution in [0.15, 0.2) is 0 Å². The van der Waals surface area contributed by atoms with Gasteiger partial charge in [0.15, 0.2) is 19.7 Å². The van der Waals surface area contributed by atoms with E-state index in [1.807, 2.05) is 83.1 Å². The minimum Gasteiger partial charge on any atom is -0.354 e. The first-order valence-corrected chi connectivity index (χ1v) is 31.6. The summed E-state index contributed by atoms with van der Waals surface area (Å²) in [5, 5.41) is 11.1. The zero-order valence-corrected chi connectivity index (χ0v) is 43.5. The third kappa shape index (κ3) is 51.2. The summed E-state index contributed by atoms with van der Waals surface area (Å²) in [5.74, 6) is 4.09. The van der Waals surface area contributed by atoms with Crippen LogP contribution >= 0.6 is 0 Å².